The number of nitrogens with one attached hydrogen (secondary N) is 2. The molecule has 4 heteroatoms. The molecule has 0 aliphatic heterocycles. The van der Waals surface area contributed by atoms with E-state index >= 15 is 0 Å². The van der Waals surface area contributed by atoms with Gasteiger partial charge in [-0.25, -0.2) is 4.79 Å². The maximum atomic E-state index is 11.8. The van der Waals surface area contributed by atoms with Gasteiger partial charge in [0, 0.05) is 17.8 Å². The van der Waals surface area contributed by atoms with Crippen LogP contribution >= 0.6 is 0 Å². The van der Waals surface area contributed by atoms with E-state index in [1.165, 1.54) is 0 Å². The lowest BCUT2D eigenvalue weighted by atomic mass is 10.1. The summed E-state index contributed by atoms with van der Waals surface area (Å²) >= 11 is 0. The van der Waals surface area contributed by atoms with E-state index in [0.29, 0.717) is 12.0 Å². The first kappa shape index (κ1) is 12.9. The van der Waals surface area contributed by atoms with Crippen LogP contribution in [0.1, 0.15) is 38.3 Å². The number of amides is 2. The van der Waals surface area contributed by atoms with Crippen molar-refractivity contribution >= 4 is 11.7 Å². The van der Waals surface area contributed by atoms with Gasteiger partial charge >= 0.3 is 6.03 Å². The second-order valence-electron chi connectivity index (χ2n) is 5.02. The predicted octanol–water partition coefficient (Wildman–Crippen LogP) is 2.63. The first-order chi connectivity index (χ1) is 8.60. The Morgan fingerprint density at radius 1 is 1.56 bits per heavy atom. The molecule has 98 valence electrons. The average Bonchev–Trinajstić information content (AvgIpc) is 3.07. The van der Waals surface area contributed by atoms with E-state index in [9.17, 15) is 4.79 Å². The molecule has 3 unspecified atom stereocenters. The van der Waals surface area contributed by atoms with Crippen molar-refractivity contribution in [2.45, 2.75) is 38.8 Å². The summed E-state index contributed by atoms with van der Waals surface area (Å²) in [6.07, 6.45) is 2.23. The molecule has 1 saturated carbocycles. The van der Waals surface area contributed by atoms with Crippen molar-refractivity contribution in [3.05, 3.63) is 29.8 Å². The van der Waals surface area contributed by atoms with Gasteiger partial charge in [0.05, 0.1) is 0 Å². The van der Waals surface area contributed by atoms with Crippen molar-refractivity contribution in [2.75, 3.05) is 5.32 Å². The Bertz CT molecular complexity index is 431. The highest BCUT2D eigenvalue weighted by Crippen LogP contribution is 2.33. The lowest BCUT2D eigenvalue weighted by Gasteiger charge is -2.10. The Balaban J connectivity index is 1.89. The van der Waals surface area contributed by atoms with E-state index < -0.39 is 0 Å². The molecule has 0 bridgehead atoms. The van der Waals surface area contributed by atoms with Gasteiger partial charge in [0.2, 0.25) is 0 Å². The molecule has 4 nitrogen and oxygen atoms in total. The zero-order valence-electron chi connectivity index (χ0n) is 10.9. The van der Waals surface area contributed by atoms with E-state index in [0.717, 1.165) is 24.1 Å². The molecule has 4 N–H and O–H groups in total. The molecular weight excluding hydrogens is 226 g/mol. The molecule has 1 aromatic rings. The number of hydrogen-bond acceptors (Lipinski definition) is 2. The highest BCUT2D eigenvalue weighted by atomic mass is 16.2. The summed E-state index contributed by atoms with van der Waals surface area (Å²) in [5.74, 6) is 0.658. The van der Waals surface area contributed by atoms with Gasteiger partial charge in [-0.2, -0.15) is 0 Å². The fourth-order valence-electron chi connectivity index (χ4n) is 2.11. The largest absolute Gasteiger partial charge is 0.335 e. The average molecular weight is 247 g/mol. The van der Waals surface area contributed by atoms with Gasteiger partial charge in [0.1, 0.15) is 0 Å². The maximum Gasteiger partial charge on any atom is 0.319 e. The summed E-state index contributed by atoms with van der Waals surface area (Å²) < 4.78 is 0. The molecule has 1 aliphatic rings. The molecule has 0 radical (unpaired) electrons. The van der Waals surface area contributed by atoms with Gasteiger partial charge in [-0.1, -0.05) is 25.5 Å². The molecule has 3 atom stereocenters. The van der Waals surface area contributed by atoms with E-state index in [1.807, 2.05) is 31.2 Å². The minimum atomic E-state index is -0.127. The highest BCUT2D eigenvalue weighted by molar-refractivity contribution is 5.89. The third-order valence-corrected chi connectivity index (χ3v) is 3.43. The molecular formula is C14H21N3O. The van der Waals surface area contributed by atoms with Crippen LogP contribution in [0.3, 0.4) is 0 Å². The number of carbonyl (C=O) groups excluding carboxylic acids is 1. The van der Waals surface area contributed by atoms with Crippen molar-refractivity contribution in [2.24, 2.45) is 11.7 Å². The van der Waals surface area contributed by atoms with Crippen molar-refractivity contribution in [3.63, 3.8) is 0 Å². The molecule has 2 amide bonds. The molecule has 1 aromatic carbocycles. The van der Waals surface area contributed by atoms with Crippen LogP contribution in [0.2, 0.25) is 0 Å². The quantitative estimate of drug-likeness (QED) is 0.765. The van der Waals surface area contributed by atoms with Crippen molar-refractivity contribution in [1.29, 1.82) is 0 Å². The Morgan fingerprint density at radius 3 is 2.94 bits per heavy atom. The zero-order valence-corrected chi connectivity index (χ0v) is 10.9. The third kappa shape index (κ3) is 3.23. The fraction of sp³-hybridized carbons (Fsp3) is 0.500. The van der Waals surface area contributed by atoms with Crippen LogP contribution in [0, 0.1) is 5.92 Å². The predicted molar refractivity (Wildman–Crippen MR) is 73.4 cm³/mol. The molecule has 18 heavy (non-hydrogen) atoms. The second kappa shape index (κ2) is 5.40. The summed E-state index contributed by atoms with van der Waals surface area (Å²) in [5.41, 5.74) is 7.62. The smallest absolute Gasteiger partial charge is 0.319 e. The Kier molecular flexibility index (Phi) is 3.87. The van der Waals surface area contributed by atoms with Crippen LogP contribution in [-0.4, -0.2) is 12.1 Å². The fourth-order valence-corrected chi connectivity index (χ4v) is 2.11. The Morgan fingerprint density at radius 2 is 2.33 bits per heavy atom. The Labute approximate surface area is 108 Å². The van der Waals surface area contributed by atoms with Gasteiger partial charge < -0.3 is 16.4 Å². The summed E-state index contributed by atoms with van der Waals surface area (Å²) in [6.45, 7) is 4.07. The normalized spacial score (nSPS) is 23.3. The number of benzene rings is 1. The SMILES string of the molecule is CCC1CC1NC(=O)Nc1cccc(C(C)N)c1. The first-order valence-corrected chi connectivity index (χ1v) is 6.53. The number of urea groups is 1. The van der Waals surface area contributed by atoms with Gasteiger partial charge in [-0.15, -0.1) is 0 Å². The van der Waals surface area contributed by atoms with E-state index in [-0.39, 0.29) is 12.1 Å². The summed E-state index contributed by atoms with van der Waals surface area (Å²) in [7, 11) is 0. The number of carbonyl (C=O) groups is 1. The van der Waals surface area contributed by atoms with Gasteiger partial charge in [-0.05, 0) is 37.0 Å². The molecule has 0 aromatic heterocycles. The number of anilines is 1. The highest BCUT2D eigenvalue weighted by Gasteiger charge is 2.36. The second-order valence-corrected chi connectivity index (χ2v) is 5.02. The Hall–Kier alpha value is -1.55. The number of hydrogen-bond donors (Lipinski definition) is 3. The maximum absolute atomic E-state index is 11.8. The van der Waals surface area contributed by atoms with Crippen LogP contribution in [-0.2, 0) is 0 Å². The van der Waals surface area contributed by atoms with E-state index in [4.69, 9.17) is 5.73 Å². The standard InChI is InChI=1S/C14H21N3O/c1-3-10-8-13(10)17-14(18)16-12-6-4-5-11(7-12)9(2)15/h4-7,9-10,13H,3,8,15H2,1-2H3,(H2,16,17,18). The summed E-state index contributed by atoms with van der Waals surface area (Å²) in [6, 6.07) is 7.85. The van der Waals surface area contributed by atoms with Crippen LogP contribution in [0.25, 0.3) is 0 Å². The molecule has 1 fully saturated rings. The molecule has 2 rings (SSSR count). The van der Waals surface area contributed by atoms with Crippen molar-refractivity contribution < 1.29 is 4.79 Å². The van der Waals surface area contributed by atoms with E-state index in [1.54, 1.807) is 0 Å². The van der Waals surface area contributed by atoms with Crippen molar-refractivity contribution in [3.8, 4) is 0 Å². The number of nitrogens with two attached hydrogens (primary N) is 1. The lowest BCUT2D eigenvalue weighted by Crippen LogP contribution is -2.31. The van der Waals surface area contributed by atoms with Crippen molar-refractivity contribution in [1.82, 2.24) is 5.32 Å². The zero-order chi connectivity index (χ0) is 13.1. The molecule has 1 aliphatic carbocycles. The summed E-state index contributed by atoms with van der Waals surface area (Å²) in [5, 5.41) is 5.82. The van der Waals surface area contributed by atoms with Crippen LogP contribution < -0.4 is 16.4 Å². The minimum absolute atomic E-state index is 0.0253. The number of rotatable bonds is 4. The first-order valence-electron chi connectivity index (χ1n) is 6.53. The topological polar surface area (TPSA) is 67.2 Å². The minimum Gasteiger partial charge on any atom is -0.335 e. The molecule has 0 spiro atoms. The third-order valence-electron chi connectivity index (χ3n) is 3.43. The van der Waals surface area contributed by atoms with Gasteiger partial charge in [0.25, 0.3) is 0 Å². The van der Waals surface area contributed by atoms with Gasteiger partial charge in [-0.3, -0.25) is 0 Å². The lowest BCUT2D eigenvalue weighted by molar-refractivity contribution is 0.251. The van der Waals surface area contributed by atoms with Gasteiger partial charge in [0.15, 0.2) is 0 Å². The molecule has 0 heterocycles. The van der Waals surface area contributed by atoms with E-state index in [2.05, 4.69) is 17.6 Å². The summed E-state index contributed by atoms with van der Waals surface area (Å²) in [4.78, 5) is 11.8. The van der Waals surface area contributed by atoms with Crippen LogP contribution in [0.5, 0.6) is 0 Å². The van der Waals surface area contributed by atoms with Crippen LogP contribution in [0.15, 0.2) is 24.3 Å². The molecule has 0 saturated heterocycles. The van der Waals surface area contributed by atoms with Crippen LogP contribution in [0.4, 0.5) is 10.5 Å². The monoisotopic (exact) mass is 247 g/mol.